The summed E-state index contributed by atoms with van der Waals surface area (Å²) < 4.78 is 0. The molecule has 114 valence electrons. The predicted molar refractivity (Wildman–Crippen MR) is 72.4 cm³/mol. The van der Waals surface area contributed by atoms with E-state index in [0.717, 1.165) is 0 Å². The van der Waals surface area contributed by atoms with Crippen molar-refractivity contribution in [3.8, 4) is 0 Å². The van der Waals surface area contributed by atoms with Crippen LogP contribution in [0.4, 0.5) is 0 Å². The van der Waals surface area contributed by atoms with E-state index in [1.807, 2.05) is 20.8 Å². The quantitative estimate of drug-likeness (QED) is 0.616. The third-order valence-electron chi connectivity index (χ3n) is 3.35. The summed E-state index contributed by atoms with van der Waals surface area (Å²) in [6.07, 6.45) is -0.632. The average molecular weight is 285 g/mol. The molecule has 7 heteroatoms. The van der Waals surface area contributed by atoms with Gasteiger partial charge in [-0.25, -0.2) is 0 Å². The predicted octanol–water partition coefficient (Wildman–Crippen LogP) is -1.02. The van der Waals surface area contributed by atoms with E-state index in [1.165, 1.54) is 11.8 Å². The summed E-state index contributed by atoms with van der Waals surface area (Å²) in [6, 6.07) is -1.59. The highest BCUT2D eigenvalue weighted by Gasteiger charge is 2.43. The Hall–Kier alpha value is -1.63. The standard InChI is InChI=1S/C13H23N3O4/c1-7(17)15-10(13(2,3)4)12(20)16-6-8(18)5-9(16)11(14)19/h8-10,18H,5-6H2,1-4H3,(H2,14,19)(H,15,17)/t8-,9+,10-/m1/s1. The molecular weight excluding hydrogens is 262 g/mol. The Bertz CT molecular complexity index is 416. The fraction of sp³-hybridized carbons (Fsp3) is 0.769. The number of aliphatic hydroxyl groups is 1. The van der Waals surface area contributed by atoms with Crippen LogP contribution in [0.5, 0.6) is 0 Å². The minimum Gasteiger partial charge on any atom is -0.391 e. The second-order valence-electron chi connectivity index (χ2n) is 6.30. The fourth-order valence-electron chi connectivity index (χ4n) is 2.34. The Morgan fingerprint density at radius 1 is 1.35 bits per heavy atom. The topological polar surface area (TPSA) is 113 Å². The van der Waals surface area contributed by atoms with Gasteiger partial charge >= 0.3 is 0 Å². The van der Waals surface area contributed by atoms with Crippen LogP contribution in [0.3, 0.4) is 0 Å². The number of carbonyl (C=O) groups is 3. The molecular formula is C13H23N3O4. The number of amides is 3. The Balaban J connectivity index is 2.99. The van der Waals surface area contributed by atoms with Crippen LogP contribution in [0, 0.1) is 5.41 Å². The maximum absolute atomic E-state index is 12.6. The Kier molecular flexibility index (Phi) is 4.75. The number of primary amides is 1. The first-order valence-corrected chi connectivity index (χ1v) is 6.59. The van der Waals surface area contributed by atoms with Gasteiger partial charge in [-0.1, -0.05) is 20.8 Å². The van der Waals surface area contributed by atoms with Gasteiger partial charge in [0.1, 0.15) is 12.1 Å². The van der Waals surface area contributed by atoms with E-state index in [-0.39, 0.29) is 18.9 Å². The second-order valence-corrected chi connectivity index (χ2v) is 6.30. The van der Waals surface area contributed by atoms with Crippen molar-refractivity contribution in [2.75, 3.05) is 6.54 Å². The average Bonchev–Trinajstić information content (AvgIpc) is 2.65. The summed E-state index contributed by atoms with van der Waals surface area (Å²) in [5.74, 6) is -1.37. The first-order valence-electron chi connectivity index (χ1n) is 6.59. The molecule has 3 amide bonds. The number of aliphatic hydroxyl groups excluding tert-OH is 1. The van der Waals surface area contributed by atoms with Crippen molar-refractivity contribution in [1.29, 1.82) is 0 Å². The Morgan fingerprint density at radius 2 is 1.90 bits per heavy atom. The summed E-state index contributed by atoms with van der Waals surface area (Å²) >= 11 is 0. The van der Waals surface area contributed by atoms with Crippen molar-refractivity contribution in [2.45, 2.75) is 52.3 Å². The molecule has 0 saturated carbocycles. The minimum absolute atomic E-state index is 0.0542. The van der Waals surface area contributed by atoms with E-state index in [2.05, 4.69) is 5.32 Å². The zero-order valence-corrected chi connectivity index (χ0v) is 12.3. The Morgan fingerprint density at radius 3 is 2.30 bits per heavy atom. The van der Waals surface area contributed by atoms with E-state index in [0.29, 0.717) is 0 Å². The van der Waals surface area contributed by atoms with Gasteiger partial charge in [0, 0.05) is 19.9 Å². The second kappa shape index (κ2) is 5.78. The van der Waals surface area contributed by atoms with E-state index in [4.69, 9.17) is 5.73 Å². The third-order valence-corrected chi connectivity index (χ3v) is 3.35. The van der Waals surface area contributed by atoms with Crippen LogP contribution < -0.4 is 11.1 Å². The molecule has 1 aliphatic rings. The molecule has 0 unspecified atom stereocenters. The molecule has 1 heterocycles. The monoisotopic (exact) mass is 285 g/mol. The molecule has 0 aliphatic carbocycles. The highest BCUT2D eigenvalue weighted by Crippen LogP contribution is 2.25. The molecule has 7 nitrogen and oxygen atoms in total. The molecule has 0 bridgehead atoms. The van der Waals surface area contributed by atoms with Crippen molar-refractivity contribution in [3.63, 3.8) is 0 Å². The van der Waals surface area contributed by atoms with Crippen LogP contribution in [-0.4, -0.2) is 52.5 Å². The largest absolute Gasteiger partial charge is 0.391 e. The van der Waals surface area contributed by atoms with Crippen LogP contribution in [-0.2, 0) is 14.4 Å². The van der Waals surface area contributed by atoms with Gasteiger partial charge in [-0.3, -0.25) is 14.4 Å². The van der Waals surface area contributed by atoms with Crippen molar-refractivity contribution in [2.24, 2.45) is 11.1 Å². The maximum atomic E-state index is 12.6. The van der Waals surface area contributed by atoms with Crippen LogP contribution in [0.25, 0.3) is 0 Å². The van der Waals surface area contributed by atoms with Gasteiger partial charge in [-0.05, 0) is 5.41 Å². The number of nitrogens with two attached hydrogens (primary N) is 1. The number of nitrogens with zero attached hydrogens (tertiary/aromatic N) is 1. The lowest BCUT2D eigenvalue weighted by atomic mass is 9.85. The van der Waals surface area contributed by atoms with Crippen LogP contribution in [0.2, 0.25) is 0 Å². The zero-order chi connectivity index (χ0) is 15.7. The molecule has 0 aromatic rings. The first kappa shape index (κ1) is 16.4. The smallest absolute Gasteiger partial charge is 0.246 e. The van der Waals surface area contributed by atoms with Gasteiger partial charge in [0.2, 0.25) is 17.7 Å². The van der Waals surface area contributed by atoms with Gasteiger partial charge in [0.15, 0.2) is 0 Å². The Labute approximate surface area is 118 Å². The van der Waals surface area contributed by atoms with Gasteiger partial charge in [-0.15, -0.1) is 0 Å². The number of rotatable bonds is 3. The van der Waals surface area contributed by atoms with Crippen LogP contribution in [0.15, 0.2) is 0 Å². The number of likely N-dealkylation sites (tertiary alicyclic amines) is 1. The zero-order valence-electron chi connectivity index (χ0n) is 12.3. The van der Waals surface area contributed by atoms with Gasteiger partial charge < -0.3 is 21.1 Å². The van der Waals surface area contributed by atoms with Gasteiger partial charge in [0.25, 0.3) is 0 Å². The molecule has 1 rings (SSSR count). The van der Waals surface area contributed by atoms with Crippen molar-refractivity contribution in [3.05, 3.63) is 0 Å². The maximum Gasteiger partial charge on any atom is 0.246 e. The van der Waals surface area contributed by atoms with E-state index < -0.39 is 35.4 Å². The highest BCUT2D eigenvalue weighted by atomic mass is 16.3. The number of hydrogen-bond acceptors (Lipinski definition) is 4. The SMILES string of the molecule is CC(=O)N[C@H](C(=O)N1C[C@H](O)C[C@H]1C(N)=O)C(C)(C)C. The molecule has 3 atom stereocenters. The third kappa shape index (κ3) is 3.69. The first-order chi connectivity index (χ1) is 9.04. The summed E-state index contributed by atoms with van der Waals surface area (Å²) in [4.78, 5) is 36.5. The number of nitrogens with one attached hydrogen (secondary N) is 1. The van der Waals surface area contributed by atoms with Gasteiger partial charge in [0.05, 0.1) is 6.10 Å². The van der Waals surface area contributed by atoms with Crippen molar-refractivity contribution >= 4 is 17.7 Å². The highest BCUT2D eigenvalue weighted by molar-refractivity contribution is 5.92. The minimum atomic E-state index is -0.823. The molecule has 0 radical (unpaired) electrons. The lowest BCUT2D eigenvalue weighted by Crippen LogP contribution is -2.57. The lowest BCUT2D eigenvalue weighted by molar-refractivity contribution is -0.143. The molecule has 1 fully saturated rings. The molecule has 0 spiro atoms. The van der Waals surface area contributed by atoms with Crippen molar-refractivity contribution < 1.29 is 19.5 Å². The fourth-order valence-corrected chi connectivity index (χ4v) is 2.34. The van der Waals surface area contributed by atoms with Crippen molar-refractivity contribution in [1.82, 2.24) is 10.2 Å². The molecule has 1 saturated heterocycles. The summed E-state index contributed by atoms with van der Waals surface area (Å²) in [5.41, 5.74) is 4.75. The number of hydrogen-bond donors (Lipinski definition) is 3. The van der Waals surface area contributed by atoms with E-state index in [1.54, 1.807) is 0 Å². The van der Waals surface area contributed by atoms with E-state index in [9.17, 15) is 19.5 Å². The normalized spacial score (nSPS) is 24.4. The number of β-amino-alcohol motifs (C(OH)–C–C–N with tert-alkyl or cyclic N) is 1. The number of carbonyl (C=O) groups excluding carboxylic acids is 3. The molecule has 0 aromatic carbocycles. The van der Waals surface area contributed by atoms with Gasteiger partial charge in [-0.2, -0.15) is 0 Å². The molecule has 1 aliphatic heterocycles. The lowest BCUT2D eigenvalue weighted by Gasteiger charge is -2.34. The van der Waals surface area contributed by atoms with Crippen LogP contribution >= 0.6 is 0 Å². The summed E-state index contributed by atoms with van der Waals surface area (Å²) in [6.45, 7) is 6.83. The molecule has 20 heavy (non-hydrogen) atoms. The summed E-state index contributed by atoms with van der Waals surface area (Å²) in [7, 11) is 0. The summed E-state index contributed by atoms with van der Waals surface area (Å²) in [5, 5.41) is 12.3. The van der Waals surface area contributed by atoms with Crippen LogP contribution in [0.1, 0.15) is 34.1 Å². The molecule has 4 N–H and O–H groups in total. The van der Waals surface area contributed by atoms with E-state index >= 15 is 0 Å². The molecule has 0 aromatic heterocycles.